The Labute approximate surface area is 158 Å². The van der Waals surface area contributed by atoms with Crippen LogP contribution in [-0.2, 0) is 4.79 Å². The Hall–Kier alpha value is -2.70. The maximum atomic E-state index is 13.0. The van der Waals surface area contributed by atoms with E-state index in [2.05, 4.69) is 29.0 Å². The third-order valence-corrected chi connectivity index (χ3v) is 5.77. The van der Waals surface area contributed by atoms with Crippen LogP contribution in [0.1, 0.15) is 43.6 Å². The molecule has 2 fully saturated rings. The van der Waals surface area contributed by atoms with Crippen LogP contribution >= 0.6 is 0 Å². The summed E-state index contributed by atoms with van der Waals surface area (Å²) in [6, 6.07) is 7.52. The highest BCUT2D eigenvalue weighted by atomic mass is 16.2. The molecule has 1 N–H and O–H groups in total. The van der Waals surface area contributed by atoms with Crippen molar-refractivity contribution in [1.82, 2.24) is 25.0 Å². The molecule has 142 valence electrons. The summed E-state index contributed by atoms with van der Waals surface area (Å²) in [5, 5.41) is 7.06. The number of rotatable bonds is 3. The van der Waals surface area contributed by atoms with Gasteiger partial charge in [0.2, 0.25) is 5.91 Å². The van der Waals surface area contributed by atoms with Crippen molar-refractivity contribution < 1.29 is 9.59 Å². The summed E-state index contributed by atoms with van der Waals surface area (Å²) in [5.41, 5.74) is 1.40. The molecule has 0 unspecified atom stereocenters. The predicted octanol–water partition coefficient (Wildman–Crippen LogP) is 2.33. The van der Waals surface area contributed by atoms with E-state index in [0.717, 1.165) is 31.5 Å². The van der Waals surface area contributed by atoms with Crippen molar-refractivity contribution in [2.24, 2.45) is 5.41 Å². The SMILES string of the molecule is CC(C)N1CCC[C@@]2(CCN(C(=O)c3cc(-c4ccccn4)n[nH]3)C2)C1=O. The lowest BCUT2D eigenvalue weighted by Crippen LogP contribution is -2.52. The Balaban J connectivity index is 1.50. The van der Waals surface area contributed by atoms with Crippen LogP contribution in [-0.4, -0.2) is 62.5 Å². The normalized spacial score (nSPS) is 22.9. The fourth-order valence-corrected chi connectivity index (χ4v) is 4.27. The minimum absolute atomic E-state index is 0.101. The van der Waals surface area contributed by atoms with Crippen LogP contribution in [0.25, 0.3) is 11.4 Å². The van der Waals surface area contributed by atoms with Crippen molar-refractivity contribution >= 4 is 11.8 Å². The Morgan fingerprint density at radius 2 is 2.07 bits per heavy atom. The van der Waals surface area contributed by atoms with Gasteiger partial charge in [0.15, 0.2) is 0 Å². The maximum absolute atomic E-state index is 13.0. The van der Waals surface area contributed by atoms with Gasteiger partial charge in [0.1, 0.15) is 11.4 Å². The molecule has 27 heavy (non-hydrogen) atoms. The summed E-state index contributed by atoms with van der Waals surface area (Å²) >= 11 is 0. The number of hydrogen-bond donors (Lipinski definition) is 1. The number of likely N-dealkylation sites (tertiary alicyclic amines) is 2. The summed E-state index contributed by atoms with van der Waals surface area (Å²) in [5.74, 6) is 0.105. The molecular weight excluding hydrogens is 342 g/mol. The number of aromatic amines is 1. The molecule has 0 bridgehead atoms. The molecule has 2 aromatic heterocycles. The number of aromatic nitrogens is 3. The van der Waals surface area contributed by atoms with Gasteiger partial charge in [0, 0.05) is 31.9 Å². The van der Waals surface area contributed by atoms with Gasteiger partial charge in [-0.15, -0.1) is 0 Å². The van der Waals surface area contributed by atoms with E-state index in [1.807, 2.05) is 23.1 Å². The molecule has 2 amide bonds. The van der Waals surface area contributed by atoms with Crippen LogP contribution in [0.3, 0.4) is 0 Å². The Bertz CT molecular complexity index is 847. The number of carbonyl (C=O) groups excluding carboxylic acids is 2. The number of carbonyl (C=O) groups is 2. The second-order valence-corrected chi connectivity index (χ2v) is 7.83. The van der Waals surface area contributed by atoms with Crippen molar-refractivity contribution in [2.75, 3.05) is 19.6 Å². The van der Waals surface area contributed by atoms with E-state index in [4.69, 9.17) is 0 Å². The van der Waals surface area contributed by atoms with Gasteiger partial charge in [0.25, 0.3) is 5.91 Å². The van der Waals surface area contributed by atoms with Crippen LogP contribution in [0.2, 0.25) is 0 Å². The standard InChI is InChI=1S/C20H25N5O2/c1-14(2)25-10-5-7-20(19(25)27)8-11-24(13-20)18(26)17-12-16(22-23-17)15-6-3-4-9-21-15/h3-4,6,9,12,14H,5,7-8,10-11,13H2,1-2H3,(H,22,23)/t20-/m0/s1. The highest BCUT2D eigenvalue weighted by Crippen LogP contribution is 2.41. The number of nitrogens with zero attached hydrogens (tertiary/aromatic N) is 4. The van der Waals surface area contributed by atoms with E-state index < -0.39 is 5.41 Å². The molecule has 2 saturated heterocycles. The zero-order valence-electron chi connectivity index (χ0n) is 15.8. The molecule has 0 saturated carbocycles. The number of piperidine rings is 1. The molecule has 7 nitrogen and oxygen atoms in total. The van der Waals surface area contributed by atoms with Gasteiger partial charge in [-0.3, -0.25) is 19.7 Å². The zero-order chi connectivity index (χ0) is 19.0. The molecule has 1 atom stereocenters. The molecule has 0 radical (unpaired) electrons. The van der Waals surface area contributed by atoms with Gasteiger partial charge >= 0.3 is 0 Å². The van der Waals surface area contributed by atoms with Crippen LogP contribution < -0.4 is 0 Å². The van der Waals surface area contributed by atoms with Crippen molar-refractivity contribution in [3.63, 3.8) is 0 Å². The molecule has 4 heterocycles. The summed E-state index contributed by atoms with van der Waals surface area (Å²) in [7, 11) is 0. The maximum Gasteiger partial charge on any atom is 0.271 e. The van der Waals surface area contributed by atoms with Crippen molar-refractivity contribution in [3.05, 3.63) is 36.2 Å². The van der Waals surface area contributed by atoms with Gasteiger partial charge in [-0.05, 0) is 51.3 Å². The fourth-order valence-electron chi connectivity index (χ4n) is 4.27. The van der Waals surface area contributed by atoms with Crippen molar-refractivity contribution in [2.45, 2.75) is 39.2 Å². The molecule has 2 aliphatic rings. The molecule has 1 spiro atoms. The van der Waals surface area contributed by atoms with Gasteiger partial charge in [-0.2, -0.15) is 5.10 Å². The Morgan fingerprint density at radius 1 is 1.22 bits per heavy atom. The first-order chi connectivity index (χ1) is 13.0. The van der Waals surface area contributed by atoms with E-state index in [-0.39, 0.29) is 17.9 Å². The fraction of sp³-hybridized carbons (Fsp3) is 0.500. The summed E-state index contributed by atoms with van der Waals surface area (Å²) < 4.78 is 0. The van der Waals surface area contributed by atoms with E-state index >= 15 is 0 Å². The Kier molecular flexibility index (Phi) is 4.45. The van der Waals surface area contributed by atoms with Crippen LogP contribution in [0.15, 0.2) is 30.5 Å². The largest absolute Gasteiger partial charge is 0.340 e. The smallest absolute Gasteiger partial charge is 0.271 e. The molecule has 4 rings (SSSR count). The van der Waals surface area contributed by atoms with Crippen LogP contribution in [0, 0.1) is 5.41 Å². The van der Waals surface area contributed by atoms with Gasteiger partial charge in [-0.25, -0.2) is 0 Å². The van der Waals surface area contributed by atoms with E-state index in [9.17, 15) is 9.59 Å². The van der Waals surface area contributed by atoms with Gasteiger partial charge < -0.3 is 9.80 Å². The quantitative estimate of drug-likeness (QED) is 0.903. The van der Waals surface area contributed by atoms with E-state index in [0.29, 0.717) is 24.5 Å². The first kappa shape index (κ1) is 17.7. The zero-order valence-corrected chi connectivity index (χ0v) is 15.8. The Morgan fingerprint density at radius 3 is 2.81 bits per heavy atom. The number of pyridine rings is 1. The number of amides is 2. The average molecular weight is 367 g/mol. The predicted molar refractivity (Wildman–Crippen MR) is 101 cm³/mol. The molecule has 2 aliphatic heterocycles. The molecule has 2 aromatic rings. The van der Waals surface area contributed by atoms with Gasteiger partial charge in [0.05, 0.1) is 11.1 Å². The van der Waals surface area contributed by atoms with Crippen LogP contribution in [0.5, 0.6) is 0 Å². The number of H-pyrrole nitrogens is 1. The number of hydrogen-bond acceptors (Lipinski definition) is 4. The minimum Gasteiger partial charge on any atom is -0.340 e. The third-order valence-electron chi connectivity index (χ3n) is 5.77. The molecule has 0 aliphatic carbocycles. The second-order valence-electron chi connectivity index (χ2n) is 7.83. The highest BCUT2D eigenvalue weighted by Gasteiger charge is 2.50. The average Bonchev–Trinajstić information content (AvgIpc) is 3.32. The third kappa shape index (κ3) is 3.11. The van der Waals surface area contributed by atoms with Crippen LogP contribution in [0.4, 0.5) is 0 Å². The first-order valence-electron chi connectivity index (χ1n) is 9.57. The number of nitrogens with one attached hydrogen (secondary N) is 1. The summed E-state index contributed by atoms with van der Waals surface area (Å²) in [6.45, 7) is 6.03. The van der Waals surface area contributed by atoms with Crippen molar-refractivity contribution in [1.29, 1.82) is 0 Å². The second kappa shape index (κ2) is 6.79. The van der Waals surface area contributed by atoms with E-state index in [1.54, 1.807) is 17.2 Å². The van der Waals surface area contributed by atoms with E-state index in [1.165, 1.54) is 0 Å². The monoisotopic (exact) mass is 367 g/mol. The highest BCUT2D eigenvalue weighted by molar-refractivity contribution is 5.94. The lowest BCUT2D eigenvalue weighted by Gasteiger charge is -2.41. The molecule has 0 aromatic carbocycles. The molecular formula is C20H25N5O2. The topological polar surface area (TPSA) is 82.2 Å². The minimum atomic E-state index is -0.415. The lowest BCUT2D eigenvalue weighted by atomic mass is 9.78. The lowest BCUT2D eigenvalue weighted by molar-refractivity contribution is -0.147. The van der Waals surface area contributed by atoms with Gasteiger partial charge in [-0.1, -0.05) is 6.07 Å². The first-order valence-corrected chi connectivity index (χ1v) is 9.57. The summed E-state index contributed by atoms with van der Waals surface area (Å²) in [4.78, 5) is 34.0. The van der Waals surface area contributed by atoms with Crippen molar-refractivity contribution in [3.8, 4) is 11.4 Å². The molecule has 7 heteroatoms. The summed E-state index contributed by atoms with van der Waals surface area (Å²) in [6.07, 6.45) is 4.30.